The largest absolute Gasteiger partial charge is 0.336 e. The predicted octanol–water partition coefficient (Wildman–Crippen LogP) is 2.17. The molecule has 0 N–H and O–H groups in total. The summed E-state index contributed by atoms with van der Waals surface area (Å²) in [6.07, 6.45) is 3.52. The fourth-order valence-electron chi connectivity index (χ4n) is 3.18. The number of rotatable bonds is 3. The monoisotopic (exact) mass is 292 g/mol. The molecule has 1 amide bonds. The quantitative estimate of drug-likeness (QED) is 0.797. The van der Waals surface area contributed by atoms with Gasteiger partial charge in [0.2, 0.25) is 0 Å². The van der Waals surface area contributed by atoms with Crippen LogP contribution in [0.2, 0.25) is 0 Å². The van der Waals surface area contributed by atoms with Crippen molar-refractivity contribution in [2.24, 2.45) is 0 Å². The molecule has 0 bridgehead atoms. The number of benzene rings is 1. The molecule has 1 aromatic carbocycles. The standard InChI is InChI=1S/C16H21ClN2O/c17-6-7-18-8-10-19(11-9-18)16(20)15-5-4-13-2-1-3-14(13)12-15/h4-5,12H,1-3,6-11H2. The summed E-state index contributed by atoms with van der Waals surface area (Å²) in [5.41, 5.74) is 3.65. The molecule has 4 heteroatoms. The van der Waals surface area contributed by atoms with Crippen LogP contribution in [0.3, 0.4) is 0 Å². The van der Waals surface area contributed by atoms with E-state index in [9.17, 15) is 4.79 Å². The maximum Gasteiger partial charge on any atom is 0.253 e. The van der Waals surface area contributed by atoms with E-state index in [1.54, 1.807) is 0 Å². The first kappa shape index (κ1) is 13.9. The Hall–Kier alpha value is -1.06. The van der Waals surface area contributed by atoms with E-state index in [-0.39, 0.29) is 5.91 Å². The van der Waals surface area contributed by atoms with Gasteiger partial charge in [-0.2, -0.15) is 0 Å². The van der Waals surface area contributed by atoms with Gasteiger partial charge in [-0.15, -0.1) is 11.6 Å². The molecule has 1 fully saturated rings. The molecule has 108 valence electrons. The molecule has 0 radical (unpaired) electrons. The zero-order valence-electron chi connectivity index (χ0n) is 11.8. The van der Waals surface area contributed by atoms with Gasteiger partial charge >= 0.3 is 0 Å². The van der Waals surface area contributed by atoms with Crippen LogP contribution < -0.4 is 0 Å². The van der Waals surface area contributed by atoms with Crippen molar-refractivity contribution in [2.75, 3.05) is 38.6 Å². The Morgan fingerprint density at radius 3 is 2.60 bits per heavy atom. The third-order valence-electron chi connectivity index (χ3n) is 4.41. The van der Waals surface area contributed by atoms with Gasteiger partial charge in [-0.05, 0) is 42.5 Å². The van der Waals surface area contributed by atoms with Crippen molar-refractivity contribution in [2.45, 2.75) is 19.3 Å². The van der Waals surface area contributed by atoms with Crippen molar-refractivity contribution in [1.29, 1.82) is 0 Å². The van der Waals surface area contributed by atoms with Gasteiger partial charge in [0.05, 0.1) is 0 Å². The van der Waals surface area contributed by atoms with Crippen LogP contribution in [0.1, 0.15) is 27.9 Å². The molecule has 0 spiro atoms. The van der Waals surface area contributed by atoms with E-state index in [0.29, 0.717) is 5.88 Å². The Morgan fingerprint density at radius 1 is 1.10 bits per heavy atom. The Balaban J connectivity index is 1.65. The molecule has 1 aliphatic heterocycles. The molecule has 20 heavy (non-hydrogen) atoms. The SMILES string of the molecule is O=C(c1ccc2c(c1)CCC2)N1CCN(CCCl)CC1. The minimum Gasteiger partial charge on any atom is -0.336 e. The van der Waals surface area contributed by atoms with Crippen LogP contribution in [0, 0.1) is 0 Å². The average Bonchev–Trinajstić information content (AvgIpc) is 2.95. The molecule has 3 nitrogen and oxygen atoms in total. The van der Waals surface area contributed by atoms with Gasteiger partial charge in [-0.1, -0.05) is 6.07 Å². The summed E-state index contributed by atoms with van der Waals surface area (Å²) in [4.78, 5) is 16.8. The zero-order valence-corrected chi connectivity index (χ0v) is 12.5. The van der Waals surface area contributed by atoms with Gasteiger partial charge in [0.1, 0.15) is 0 Å². The van der Waals surface area contributed by atoms with Gasteiger partial charge in [0.25, 0.3) is 5.91 Å². The van der Waals surface area contributed by atoms with Gasteiger partial charge < -0.3 is 4.90 Å². The summed E-state index contributed by atoms with van der Waals surface area (Å²) in [6.45, 7) is 4.41. The maximum absolute atomic E-state index is 12.5. The van der Waals surface area contributed by atoms with Crippen LogP contribution in [0.4, 0.5) is 0 Å². The molecular weight excluding hydrogens is 272 g/mol. The summed E-state index contributed by atoms with van der Waals surface area (Å²) in [5.74, 6) is 0.851. The molecule has 1 saturated heterocycles. The number of alkyl halides is 1. The lowest BCUT2D eigenvalue weighted by Gasteiger charge is -2.34. The number of carbonyl (C=O) groups excluding carboxylic acids is 1. The Kier molecular flexibility index (Phi) is 4.27. The molecule has 0 aromatic heterocycles. The molecule has 1 heterocycles. The van der Waals surface area contributed by atoms with Crippen molar-refractivity contribution in [3.8, 4) is 0 Å². The van der Waals surface area contributed by atoms with Gasteiger partial charge in [0.15, 0.2) is 0 Å². The third-order valence-corrected chi connectivity index (χ3v) is 4.57. The molecule has 0 unspecified atom stereocenters. The number of aryl methyl sites for hydroxylation is 2. The summed E-state index contributed by atoms with van der Waals surface area (Å²) < 4.78 is 0. The Morgan fingerprint density at radius 2 is 1.85 bits per heavy atom. The van der Waals surface area contributed by atoms with Crippen LogP contribution in [0.15, 0.2) is 18.2 Å². The van der Waals surface area contributed by atoms with Crippen molar-refractivity contribution in [3.05, 3.63) is 34.9 Å². The highest BCUT2D eigenvalue weighted by Gasteiger charge is 2.22. The third kappa shape index (κ3) is 2.84. The topological polar surface area (TPSA) is 23.6 Å². The number of halogens is 1. The second-order valence-electron chi connectivity index (χ2n) is 5.66. The van der Waals surface area contributed by atoms with E-state index in [1.807, 2.05) is 11.0 Å². The summed E-state index contributed by atoms with van der Waals surface area (Å²) in [6, 6.07) is 6.24. The predicted molar refractivity (Wildman–Crippen MR) is 81.5 cm³/mol. The van der Waals surface area contributed by atoms with E-state index in [1.165, 1.54) is 24.0 Å². The van der Waals surface area contributed by atoms with E-state index in [0.717, 1.165) is 44.7 Å². The summed E-state index contributed by atoms with van der Waals surface area (Å²) in [5, 5.41) is 0. The van der Waals surface area contributed by atoms with E-state index >= 15 is 0 Å². The van der Waals surface area contributed by atoms with Crippen molar-refractivity contribution in [1.82, 2.24) is 9.80 Å². The van der Waals surface area contributed by atoms with E-state index in [4.69, 9.17) is 11.6 Å². The molecular formula is C16H21ClN2O. The lowest BCUT2D eigenvalue weighted by atomic mass is 10.1. The summed E-state index contributed by atoms with van der Waals surface area (Å²) in [7, 11) is 0. The first-order valence-electron chi connectivity index (χ1n) is 7.47. The minimum absolute atomic E-state index is 0.185. The number of hydrogen-bond donors (Lipinski definition) is 0. The van der Waals surface area contributed by atoms with Crippen molar-refractivity contribution < 1.29 is 4.79 Å². The molecule has 0 saturated carbocycles. The highest BCUT2D eigenvalue weighted by Crippen LogP contribution is 2.23. The van der Waals surface area contributed by atoms with Gasteiger partial charge in [-0.25, -0.2) is 0 Å². The molecule has 1 aromatic rings. The molecule has 0 atom stereocenters. The smallest absolute Gasteiger partial charge is 0.253 e. The number of amides is 1. The zero-order chi connectivity index (χ0) is 13.9. The second kappa shape index (κ2) is 6.15. The number of piperazine rings is 1. The lowest BCUT2D eigenvalue weighted by Crippen LogP contribution is -2.49. The number of fused-ring (bicyclic) bond motifs is 1. The molecule has 2 aliphatic rings. The Labute approximate surface area is 125 Å². The maximum atomic E-state index is 12.5. The first-order chi connectivity index (χ1) is 9.78. The summed E-state index contributed by atoms with van der Waals surface area (Å²) >= 11 is 5.76. The number of nitrogens with zero attached hydrogens (tertiary/aromatic N) is 2. The van der Waals surface area contributed by atoms with Crippen LogP contribution in [-0.4, -0.2) is 54.3 Å². The number of carbonyl (C=O) groups is 1. The second-order valence-corrected chi connectivity index (χ2v) is 6.04. The van der Waals surface area contributed by atoms with Gasteiger partial charge in [0, 0.05) is 44.2 Å². The van der Waals surface area contributed by atoms with Crippen LogP contribution in [0.25, 0.3) is 0 Å². The van der Waals surface area contributed by atoms with Crippen LogP contribution >= 0.6 is 11.6 Å². The Bertz CT molecular complexity index is 495. The lowest BCUT2D eigenvalue weighted by molar-refractivity contribution is 0.0644. The van der Waals surface area contributed by atoms with Crippen LogP contribution in [0.5, 0.6) is 0 Å². The van der Waals surface area contributed by atoms with E-state index in [2.05, 4.69) is 17.0 Å². The van der Waals surface area contributed by atoms with Crippen molar-refractivity contribution >= 4 is 17.5 Å². The highest BCUT2D eigenvalue weighted by molar-refractivity contribution is 6.18. The normalized spacial score (nSPS) is 19.1. The average molecular weight is 293 g/mol. The fraction of sp³-hybridized carbons (Fsp3) is 0.562. The molecule has 3 rings (SSSR count). The molecule has 1 aliphatic carbocycles. The van der Waals surface area contributed by atoms with E-state index < -0.39 is 0 Å². The first-order valence-corrected chi connectivity index (χ1v) is 8.01. The van der Waals surface area contributed by atoms with Crippen LogP contribution in [-0.2, 0) is 12.8 Å². The number of hydrogen-bond acceptors (Lipinski definition) is 2. The highest BCUT2D eigenvalue weighted by atomic mass is 35.5. The van der Waals surface area contributed by atoms with Crippen molar-refractivity contribution in [3.63, 3.8) is 0 Å². The fourth-order valence-corrected chi connectivity index (χ4v) is 3.42. The van der Waals surface area contributed by atoms with Gasteiger partial charge in [-0.3, -0.25) is 9.69 Å². The minimum atomic E-state index is 0.185.